The Morgan fingerprint density at radius 2 is 2.07 bits per heavy atom. The maximum absolute atomic E-state index is 11.7. The largest absolute Gasteiger partial charge is 0.391 e. The van der Waals surface area contributed by atoms with Gasteiger partial charge in [0, 0.05) is 6.61 Å². The van der Waals surface area contributed by atoms with Crippen molar-refractivity contribution in [2.24, 2.45) is 0 Å². The summed E-state index contributed by atoms with van der Waals surface area (Å²) in [6.45, 7) is 0.729. The number of alkyl halides is 3. The Kier molecular flexibility index (Phi) is 4.68. The Hall–Kier alpha value is -0.290. The van der Waals surface area contributed by atoms with Gasteiger partial charge in [0.25, 0.3) is 0 Å². The van der Waals surface area contributed by atoms with Crippen LogP contribution in [0.1, 0.15) is 25.7 Å². The molecular formula is C9H15F3O2. The summed E-state index contributed by atoms with van der Waals surface area (Å²) in [5.74, 6) is 0. The Bertz CT molecular complexity index is 153. The fourth-order valence-corrected chi connectivity index (χ4v) is 1.34. The van der Waals surface area contributed by atoms with Gasteiger partial charge in [-0.2, -0.15) is 13.2 Å². The number of ether oxygens (including phenoxy) is 2. The van der Waals surface area contributed by atoms with E-state index in [-0.39, 0.29) is 19.3 Å². The van der Waals surface area contributed by atoms with E-state index in [1.165, 1.54) is 0 Å². The summed E-state index contributed by atoms with van der Waals surface area (Å²) >= 11 is 0. The molecule has 14 heavy (non-hydrogen) atoms. The van der Waals surface area contributed by atoms with E-state index >= 15 is 0 Å². The third-order valence-corrected chi connectivity index (χ3v) is 2.11. The first kappa shape index (κ1) is 11.8. The quantitative estimate of drug-likeness (QED) is 0.667. The molecule has 1 unspecified atom stereocenters. The molecule has 84 valence electrons. The number of halogens is 3. The van der Waals surface area contributed by atoms with Crippen molar-refractivity contribution in [1.29, 1.82) is 0 Å². The molecule has 1 heterocycles. The van der Waals surface area contributed by atoms with Crippen molar-refractivity contribution in [1.82, 2.24) is 0 Å². The molecule has 0 radical (unpaired) electrons. The van der Waals surface area contributed by atoms with E-state index in [9.17, 15) is 13.2 Å². The van der Waals surface area contributed by atoms with Crippen molar-refractivity contribution >= 4 is 0 Å². The molecule has 0 spiro atoms. The molecule has 0 bridgehead atoms. The van der Waals surface area contributed by atoms with Crippen molar-refractivity contribution in [2.75, 3.05) is 19.8 Å². The highest BCUT2D eigenvalue weighted by atomic mass is 19.4. The monoisotopic (exact) mass is 212 g/mol. The Morgan fingerprint density at radius 3 is 2.64 bits per heavy atom. The molecule has 1 atom stereocenters. The van der Waals surface area contributed by atoms with E-state index in [1.54, 1.807) is 0 Å². The summed E-state index contributed by atoms with van der Waals surface area (Å²) in [4.78, 5) is 0. The van der Waals surface area contributed by atoms with Gasteiger partial charge in [0.05, 0.1) is 25.7 Å². The molecular weight excluding hydrogens is 197 g/mol. The molecule has 0 aromatic carbocycles. The summed E-state index contributed by atoms with van der Waals surface area (Å²) in [7, 11) is 0. The highest BCUT2D eigenvalue weighted by molar-refractivity contribution is 4.62. The fourth-order valence-electron chi connectivity index (χ4n) is 1.34. The van der Waals surface area contributed by atoms with Crippen molar-refractivity contribution in [3.63, 3.8) is 0 Å². The van der Waals surface area contributed by atoms with Crippen LogP contribution in [-0.4, -0.2) is 32.1 Å². The van der Waals surface area contributed by atoms with Crippen molar-refractivity contribution in [3.8, 4) is 0 Å². The first-order chi connectivity index (χ1) is 6.58. The maximum Gasteiger partial charge on any atom is 0.391 e. The Balaban J connectivity index is 1.97. The summed E-state index contributed by atoms with van der Waals surface area (Å²) in [5, 5.41) is 0. The van der Waals surface area contributed by atoms with Crippen LogP contribution < -0.4 is 0 Å². The molecule has 0 amide bonds. The van der Waals surface area contributed by atoms with Gasteiger partial charge in [0.15, 0.2) is 0 Å². The van der Waals surface area contributed by atoms with Crippen molar-refractivity contribution in [3.05, 3.63) is 0 Å². The fraction of sp³-hybridized carbons (Fsp3) is 1.00. The summed E-state index contributed by atoms with van der Waals surface area (Å²) in [6.07, 6.45) is -1.98. The molecule has 0 aromatic rings. The van der Waals surface area contributed by atoms with E-state index in [0.29, 0.717) is 6.61 Å². The van der Waals surface area contributed by atoms with E-state index in [1.807, 2.05) is 0 Å². The zero-order valence-electron chi connectivity index (χ0n) is 7.98. The van der Waals surface area contributed by atoms with Gasteiger partial charge in [0.2, 0.25) is 0 Å². The van der Waals surface area contributed by atoms with Crippen LogP contribution in [0.3, 0.4) is 0 Å². The van der Waals surface area contributed by atoms with E-state index in [2.05, 4.69) is 0 Å². The van der Waals surface area contributed by atoms with Crippen LogP contribution in [0.2, 0.25) is 0 Å². The molecule has 1 aliphatic heterocycles. The Labute approximate surface area is 81.4 Å². The number of rotatable bonds is 4. The normalized spacial score (nSPS) is 23.8. The summed E-state index contributed by atoms with van der Waals surface area (Å²) in [5.41, 5.74) is 0. The van der Waals surface area contributed by atoms with Crippen molar-refractivity contribution in [2.45, 2.75) is 38.0 Å². The zero-order chi connectivity index (χ0) is 10.4. The third-order valence-electron chi connectivity index (χ3n) is 2.11. The van der Waals surface area contributed by atoms with E-state index in [0.717, 1.165) is 19.3 Å². The highest BCUT2D eigenvalue weighted by Gasteiger charge is 2.26. The van der Waals surface area contributed by atoms with Crippen LogP contribution in [0, 0.1) is 0 Å². The van der Waals surface area contributed by atoms with Crippen LogP contribution in [0.25, 0.3) is 0 Å². The molecule has 1 fully saturated rings. The smallest absolute Gasteiger partial charge is 0.378 e. The van der Waals surface area contributed by atoms with Crippen LogP contribution in [0.4, 0.5) is 13.2 Å². The lowest BCUT2D eigenvalue weighted by molar-refractivity contribution is -0.149. The second-order valence-electron chi connectivity index (χ2n) is 3.43. The highest BCUT2D eigenvalue weighted by Crippen LogP contribution is 2.19. The minimum atomic E-state index is -4.12. The van der Waals surface area contributed by atoms with E-state index < -0.39 is 12.6 Å². The predicted octanol–water partition coefficient (Wildman–Crippen LogP) is 2.52. The first-order valence-corrected chi connectivity index (χ1v) is 4.84. The lowest BCUT2D eigenvalue weighted by Gasteiger charge is -2.22. The van der Waals surface area contributed by atoms with Gasteiger partial charge in [0.1, 0.15) is 0 Å². The molecule has 0 aliphatic carbocycles. The number of hydrogen-bond acceptors (Lipinski definition) is 2. The average Bonchev–Trinajstić information content (AvgIpc) is 2.13. The third kappa shape index (κ3) is 5.44. The molecule has 0 N–H and O–H groups in total. The van der Waals surface area contributed by atoms with Crippen molar-refractivity contribution < 1.29 is 22.6 Å². The lowest BCUT2D eigenvalue weighted by atomic mass is 10.1. The van der Waals surface area contributed by atoms with Gasteiger partial charge in [-0.1, -0.05) is 0 Å². The summed E-state index contributed by atoms with van der Waals surface area (Å²) < 4.78 is 45.3. The Morgan fingerprint density at radius 1 is 1.29 bits per heavy atom. The second kappa shape index (κ2) is 5.56. The minimum Gasteiger partial charge on any atom is -0.378 e. The molecule has 5 heteroatoms. The first-order valence-electron chi connectivity index (χ1n) is 4.84. The topological polar surface area (TPSA) is 18.5 Å². The number of hydrogen-bond donors (Lipinski definition) is 0. The average molecular weight is 212 g/mol. The van der Waals surface area contributed by atoms with Crippen LogP contribution >= 0.6 is 0 Å². The molecule has 0 saturated carbocycles. The predicted molar refractivity (Wildman–Crippen MR) is 45.1 cm³/mol. The molecule has 1 rings (SSSR count). The lowest BCUT2D eigenvalue weighted by Crippen LogP contribution is -2.25. The standard InChI is InChI=1S/C9H15F3O2/c10-9(11,12)4-6-13-7-8-3-1-2-5-14-8/h8H,1-7H2. The van der Waals surface area contributed by atoms with Gasteiger partial charge in [-0.15, -0.1) is 0 Å². The van der Waals surface area contributed by atoms with Crippen LogP contribution in [-0.2, 0) is 9.47 Å². The zero-order valence-corrected chi connectivity index (χ0v) is 7.98. The van der Waals surface area contributed by atoms with E-state index in [4.69, 9.17) is 9.47 Å². The molecule has 0 aromatic heterocycles. The van der Waals surface area contributed by atoms with Gasteiger partial charge < -0.3 is 9.47 Å². The SMILES string of the molecule is FC(F)(F)CCOCC1CCCCO1. The van der Waals surface area contributed by atoms with Gasteiger partial charge >= 0.3 is 6.18 Å². The van der Waals surface area contributed by atoms with Crippen LogP contribution in [0.15, 0.2) is 0 Å². The van der Waals surface area contributed by atoms with Crippen LogP contribution in [0.5, 0.6) is 0 Å². The molecule has 1 aliphatic rings. The maximum atomic E-state index is 11.7. The van der Waals surface area contributed by atoms with Gasteiger partial charge in [-0.05, 0) is 19.3 Å². The molecule has 2 nitrogen and oxygen atoms in total. The van der Waals surface area contributed by atoms with Gasteiger partial charge in [-0.3, -0.25) is 0 Å². The molecule has 1 saturated heterocycles. The van der Waals surface area contributed by atoms with Gasteiger partial charge in [-0.25, -0.2) is 0 Å². The summed E-state index contributed by atoms with van der Waals surface area (Å²) in [6, 6.07) is 0. The second-order valence-corrected chi connectivity index (χ2v) is 3.43. The minimum absolute atomic E-state index is 0.00279.